The number of hydrogen-bond acceptors (Lipinski definition) is 7. The van der Waals surface area contributed by atoms with Crippen LogP contribution in [-0.2, 0) is 16.0 Å². The number of amides is 1. The average Bonchev–Trinajstić information content (AvgIpc) is 2.76. The minimum atomic E-state index is -0.456. The Morgan fingerprint density at radius 1 is 1.15 bits per heavy atom. The van der Waals surface area contributed by atoms with E-state index in [-0.39, 0.29) is 18.1 Å². The number of ether oxygens (including phenoxy) is 3. The average molecular weight is 451 g/mol. The zero-order valence-corrected chi connectivity index (χ0v) is 18.9. The van der Waals surface area contributed by atoms with Gasteiger partial charge in [-0.15, -0.1) is 0 Å². The van der Waals surface area contributed by atoms with Crippen LogP contribution in [0, 0.1) is 6.92 Å². The van der Waals surface area contributed by atoms with Crippen molar-refractivity contribution >= 4 is 28.5 Å². The van der Waals surface area contributed by atoms with Gasteiger partial charge < -0.3 is 23.9 Å². The zero-order chi connectivity index (χ0) is 23.8. The first-order valence-electron chi connectivity index (χ1n) is 10.6. The maximum atomic E-state index is 12.5. The van der Waals surface area contributed by atoms with Crippen molar-refractivity contribution < 1.29 is 28.2 Å². The fraction of sp³-hybridized carbons (Fsp3) is 0.320. The molecule has 1 aliphatic heterocycles. The lowest BCUT2D eigenvalue weighted by atomic mass is 9.92. The molecule has 2 aromatic carbocycles. The second-order valence-electron chi connectivity index (χ2n) is 8.57. The summed E-state index contributed by atoms with van der Waals surface area (Å²) >= 11 is 0. The van der Waals surface area contributed by atoms with Crippen molar-refractivity contribution in [2.24, 2.45) is 0 Å². The molecule has 0 bridgehead atoms. The summed E-state index contributed by atoms with van der Waals surface area (Å²) in [5, 5.41) is 3.37. The molecule has 0 spiro atoms. The number of aryl methyl sites for hydroxylation is 2. The highest BCUT2D eigenvalue weighted by Gasteiger charge is 2.30. The number of fused-ring (bicyclic) bond motifs is 3. The lowest BCUT2D eigenvalue weighted by Gasteiger charge is -2.33. The van der Waals surface area contributed by atoms with Gasteiger partial charge in [0.05, 0.1) is 18.1 Å². The molecule has 1 aromatic heterocycles. The second-order valence-corrected chi connectivity index (χ2v) is 8.57. The molecule has 0 saturated heterocycles. The molecule has 0 fully saturated rings. The third kappa shape index (κ3) is 4.69. The molecule has 172 valence electrons. The van der Waals surface area contributed by atoms with Crippen LogP contribution in [0.3, 0.4) is 0 Å². The summed E-state index contributed by atoms with van der Waals surface area (Å²) in [7, 11) is 1.30. The minimum absolute atomic E-state index is 0.269. The first kappa shape index (κ1) is 22.4. The van der Waals surface area contributed by atoms with E-state index < -0.39 is 11.6 Å². The van der Waals surface area contributed by atoms with Gasteiger partial charge in [0.2, 0.25) is 0 Å². The molecule has 33 heavy (non-hydrogen) atoms. The van der Waals surface area contributed by atoms with Crippen LogP contribution >= 0.6 is 0 Å². The van der Waals surface area contributed by atoms with Crippen LogP contribution < -0.4 is 20.4 Å². The minimum Gasteiger partial charge on any atom is -0.487 e. The monoisotopic (exact) mass is 451 g/mol. The number of carbonyl (C=O) groups excluding carboxylic acids is 2. The molecular weight excluding hydrogens is 426 g/mol. The van der Waals surface area contributed by atoms with E-state index in [9.17, 15) is 14.4 Å². The molecule has 1 N–H and O–H groups in total. The Morgan fingerprint density at radius 3 is 2.58 bits per heavy atom. The maximum absolute atomic E-state index is 12.5. The number of esters is 1. The van der Waals surface area contributed by atoms with Crippen LogP contribution in [0.25, 0.3) is 11.0 Å². The van der Waals surface area contributed by atoms with Gasteiger partial charge in [0.25, 0.3) is 5.91 Å². The quantitative estimate of drug-likeness (QED) is 0.462. The van der Waals surface area contributed by atoms with Gasteiger partial charge >= 0.3 is 11.6 Å². The summed E-state index contributed by atoms with van der Waals surface area (Å²) < 4.78 is 22.2. The lowest BCUT2D eigenvalue weighted by molar-refractivity contribution is -0.118. The molecule has 0 saturated carbocycles. The predicted molar refractivity (Wildman–Crippen MR) is 122 cm³/mol. The predicted octanol–water partition coefficient (Wildman–Crippen LogP) is 4.01. The molecule has 2 heterocycles. The smallest absolute Gasteiger partial charge is 0.337 e. The zero-order valence-electron chi connectivity index (χ0n) is 18.9. The fourth-order valence-corrected chi connectivity index (χ4v) is 3.88. The van der Waals surface area contributed by atoms with Crippen molar-refractivity contribution in [2.45, 2.75) is 39.2 Å². The van der Waals surface area contributed by atoms with Crippen LogP contribution in [0.5, 0.6) is 11.5 Å². The second kappa shape index (κ2) is 8.61. The summed E-state index contributed by atoms with van der Waals surface area (Å²) in [6.45, 7) is 5.52. The van der Waals surface area contributed by atoms with Crippen LogP contribution in [0.2, 0.25) is 0 Å². The molecule has 4 rings (SSSR count). The number of hydrogen-bond donors (Lipinski definition) is 1. The third-order valence-electron chi connectivity index (χ3n) is 5.55. The van der Waals surface area contributed by atoms with E-state index >= 15 is 0 Å². The Balaban J connectivity index is 1.58. The molecule has 3 aromatic rings. The van der Waals surface area contributed by atoms with Gasteiger partial charge in [-0.2, -0.15) is 0 Å². The van der Waals surface area contributed by atoms with Crippen molar-refractivity contribution in [3.8, 4) is 11.5 Å². The fourth-order valence-electron chi connectivity index (χ4n) is 3.88. The summed E-state index contributed by atoms with van der Waals surface area (Å²) in [6.07, 6.45) is 1.48. The van der Waals surface area contributed by atoms with Crippen LogP contribution in [0.4, 0.5) is 5.69 Å². The first-order chi connectivity index (χ1) is 15.7. The van der Waals surface area contributed by atoms with Gasteiger partial charge in [0.1, 0.15) is 22.7 Å². The normalized spacial score (nSPS) is 14.2. The van der Waals surface area contributed by atoms with E-state index in [1.165, 1.54) is 13.2 Å². The molecule has 1 aliphatic rings. The maximum Gasteiger partial charge on any atom is 0.337 e. The van der Waals surface area contributed by atoms with E-state index in [1.807, 2.05) is 13.8 Å². The highest BCUT2D eigenvalue weighted by molar-refractivity contribution is 5.95. The van der Waals surface area contributed by atoms with Gasteiger partial charge in [-0.3, -0.25) is 4.79 Å². The molecule has 8 nitrogen and oxygen atoms in total. The van der Waals surface area contributed by atoms with Gasteiger partial charge in [0.15, 0.2) is 6.61 Å². The number of nitrogens with one attached hydrogen (secondary N) is 1. The molecule has 1 amide bonds. The number of methoxy groups -OCH3 is 1. The highest BCUT2D eigenvalue weighted by atomic mass is 16.5. The summed E-state index contributed by atoms with van der Waals surface area (Å²) in [6, 6.07) is 9.48. The SMILES string of the molecule is COC(=O)c1ccc(NC(=O)COc2cc3c(c4oc(=O)cc(C)c24)CCC(C)(C)O3)cc1. The van der Waals surface area contributed by atoms with Crippen molar-refractivity contribution in [1.29, 1.82) is 0 Å². The van der Waals surface area contributed by atoms with Gasteiger partial charge in [-0.25, -0.2) is 9.59 Å². The Kier molecular flexibility index (Phi) is 5.84. The Hall–Kier alpha value is -3.81. The van der Waals surface area contributed by atoms with Crippen molar-refractivity contribution in [2.75, 3.05) is 19.0 Å². The van der Waals surface area contributed by atoms with Crippen molar-refractivity contribution in [1.82, 2.24) is 0 Å². The van der Waals surface area contributed by atoms with Crippen molar-refractivity contribution in [3.63, 3.8) is 0 Å². The lowest BCUT2D eigenvalue weighted by Crippen LogP contribution is -2.32. The van der Waals surface area contributed by atoms with E-state index in [0.29, 0.717) is 45.7 Å². The van der Waals surface area contributed by atoms with Gasteiger partial charge in [0, 0.05) is 23.4 Å². The Morgan fingerprint density at radius 2 is 1.88 bits per heavy atom. The number of carbonyl (C=O) groups is 2. The first-order valence-corrected chi connectivity index (χ1v) is 10.6. The highest BCUT2D eigenvalue weighted by Crippen LogP contribution is 2.42. The third-order valence-corrected chi connectivity index (χ3v) is 5.55. The number of benzene rings is 2. The number of anilines is 1. The van der Waals surface area contributed by atoms with Crippen LogP contribution in [0.1, 0.15) is 41.8 Å². The largest absolute Gasteiger partial charge is 0.487 e. The summed E-state index contributed by atoms with van der Waals surface area (Å²) in [5.74, 6) is 0.145. The van der Waals surface area contributed by atoms with Crippen LogP contribution in [0.15, 0.2) is 45.6 Å². The number of rotatable bonds is 5. The van der Waals surface area contributed by atoms with E-state index in [1.54, 1.807) is 37.3 Å². The topological polar surface area (TPSA) is 104 Å². The summed E-state index contributed by atoms with van der Waals surface area (Å²) in [5.41, 5.74) is 2.04. The van der Waals surface area contributed by atoms with Crippen molar-refractivity contribution in [3.05, 3.63) is 63.5 Å². The Bertz CT molecular complexity index is 1290. The van der Waals surface area contributed by atoms with E-state index in [4.69, 9.17) is 13.9 Å². The van der Waals surface area contributed by atoms with Gasteiger partial charge in [-0.1, -0.05) is 0 Å². The van der Waals surface area contributed by atoms with Crippen LogP contribution in [-0.4, -0.2) is 31.2 Å². The van der Waals surface area contributed by atoms with E-state index in [2.05, 4.69) is 10.1 Å². The Labute approximate surface area is 190 Å². The molecule has 0 atom stereocenters. The van der Waals surface area contributed by atoms with Gasteiger partial charge in [-0.05, 0) is 63.4 Å². The molecule has 8 heteroatoms. The molecule has 0 unspecified atom stereocenters. The van der Waals surface area contributed by atoms with E-state index in [0.717, 1.165) is 12.0 Å². The molecule has 0 radical (unpaired) electrons. The molecular formula is C25H25NO7. The standard InChI is InChI=1S/C25H25NO7/c1-14-11-21(28)32-23-17-9-10-25(2,3)33-18(17)12-19(22(14)23)31-13-20(27)26-16-7-5-15(6-8-16)24(29)30-4/h5-8,11-12H,9-10,13H2,1-4H3,(H,26,27). The summed E-state index contributed by atoms with van der Waals surface area (Å²) in [4.78, 5) is 36.1. The molecule has 0 aliphatic carbocycles.